The van der Waals surface area contributed by atoms with Gasteiger partial charge in [-0.05, 0) is 24.8 Å². The molecule has 16 heavy (non-hydrogen) atoms. The molecule has 1 fully saturated rings. The summed E-state index contributed by atoms with van der Waals surface area (Å²) in [7, 11) is 3.81. The lowest BCUT2D eigenvalue weighted by atomic mass is 10.3. The molecule has 0 radical (unpaired) electrons. The van der Waals surface area contributed by atoms with Crippen LogP contribution in [0.1, 0.15) is 12.8 Å². The van der Waals surface area contributed by atoms with Crippen molar-refractivity contribution in [1.29, 1.82) is 0 Å². The molecule has 1 aliphatic rings. The maximum atomic E-state index is 6.14. The lowest BCUT2D eigenvalue weighted by Crippen LogP contribution is -2.21. The number of hydrogen-bond acceptors (Lipinski definition) is 3. The molecule has 1 aromatic heterocycles. The van der Waals surface area contributed by atoms with Crippen molar-refractivity contribution in [2.75, 3.05) is 30.9 Å². The second-order valence-corrected chi connectivity index (χ2v) is 5.01. The van der Waals surface area contributed by atoms with Crippen molar-refractivity contribution in [2.24, 2.45) is 5.92 Å². The van der Waals surface area contributed by atoms with E-state index in [1.165, 1.54) is 12.8 Å². The number of rotatable bonds is 4. The summed E-state index contributed by atoms with van der Waals surface area (Å²) >= 11 is 12.1. The second kappa shape index (κ2) is 4.68. The largest absolute Gasteiger partial charge is 0.372 e. The zero-order valence-electron chi connectivity index (χ0n) is 9.43. The Bertz CT molecular complexity index is 391. The number of halogens is 2. The van der Waals surface area contributed by atoms with Crippen molar-refractivity contribution in [2.45, 2.75) is 12.8 Å². The van der Waals surface area contributed by atoms with Crippen LogP contribution in [0.4, 0.5) is 11.6 Å². The van der Waals surface area contributed by atoms with Gasteiger partial charge in [-0.15, -0.1) is 0 Å². The Morgan fingerprint density at radius 2 is 2.12 bits per heavy atom. The first kappa shape index (κ1) is 11.8. The molecule has 0 amide bonds. The van der Waals surface area contributed by atoms with Crippen LogP contribution in [-0.2, 0) is 0 Å². The van der Waals surface area contributed by atoms with Gasteiger partial charge in [-0.2, -0.15) is 0 Å². The third-order valence-electron chi connectivity index (χ3n) is 2.74. The number of hydrogen-bond donors (Lipinski definition) is 1. The van der Waals surface area contributed by atoms with Crippen LogP contribution in [0.2, 0.25) is 10.0 Å². The number of aromatic nitrogens is 1. The quantitative estimate of drug-likeness (QED) is 0.900. The van der Waals surface area contributed by atoms with E-state index in [2.05, 4.69) is 15.2 Å². The molecule has 3 nitrogen and oxygen atoms in total. The van der Waals surface area contributed by atoms with Crippen molar-refractivity contribution in [1.82, 2.24) is 4.98 Å². The Morgan fingerprint density at radius 1 is 1.44 bits per heavy atom. The molecule has 0 aromatic carbocycles. The molecule has 1 heterocycles. The minimum atomic E-state index is 0.552. The Kier molecular flexibility index (Phi) is 3.45. The number of nitrogens with zero attached hydrogens (tertiary/aromatic N) is 2. The van der Waals surface area contributed by atoms with E-state index in [4.69, 9.17) is 23.2 Å². The van der Waals surface area contributed by atoms with E-state index in [0.29, 0.717) is 15.9 Å². The third kappa shape index (κ3) is 2.53. The van der Waals surface area contributed by atoms with Gasteiger partial charge < -0.3 is 10.2 Å². The molecule has 1 N–H and O–H groups in total. The van der Waals surface area contributed by atoms with Crippen molar-refractivity contribution in [3.8, 4) is 0 Å². The minimum absolute atomic E-state index is 0.552. The summed E-state index contributed by atoms with van der Waals surface area (Å²) in [6.45, 7) is 1.01. The molecule has 0 atom stereocenters. The van der Waals surface area contributed by atoms with E-state index in [0.717, 1.165) is 18.3 Å². The molecule has 1 aliphatic carbocycles. The molecule has 0 bridgehead atoms. The summed E-state index contributed by atoms with van der Waals surface area (Å²) in [4.78, 5) is 6.52. The lowest BCUT2D eigenvalue weighted by molar-refractivity contribution is 0.778. The average molecular weight is 260 g/mol. The lowest BCUT2D eigenvalue weighted by Gasteiger charge is -2.20. The van der Waals surface area contributed by atoms with Gasteiger partial charge in [0.2, 0.25) is 0 Å². The Hall–Kier alpha value is -0.670. The van der Waals surface area contributed by atoms with Crippen molar-refractivity contribution in [3.63, 3.8) is 0 Å². The molecule has 0 aliphatic heterocycles. The molecule has 0 unspecified atom stereocenters. The fourth-order valence-corrected chi connectivity index (χ4v) is 2.27. The summed E-state index contributed by atoms with van der Waals surface area (Å²) in [5.74, 6) is 2.27. The number of nitrogens with one attached hydrogen (secondary N) is 1. The van der Waals surface area contributed by atoms with Crippen LogP contribution in [-0.4, -0.2) is 25.6 Å². The van der Waals surface area contributed by atoms with Gasteiger partial charge in [0, 0.05) is 20.6 Å². The molecular weight excluding hydrogens is 245 g/mol. The summed E-state index contributed by atoms with van der Waals surface area (Å²) in [6, 6.07) is 1.74. The predicted octanol–water partition coefficient (Wildman–Crippen LogP) is 3.28. The van der Waals surface area contributed by atoms with E-state index in [1.54, 1.807) is 13.1 Å². The highest BCUT2D eigenvalue weighted by Crippen LogP contribution is 2.34. The molecular formula is C11H15Cl2N3. The van der Waals surface area contributed by atoms with Crippen LogP contribution < -0.4 is 10.2 Å². The van der Waals surface area contributed by atoms with Crippen LogP contribution in [0.15, 0.2) is 6.07 Å². The van der Waals surface area contributed by atoms with Crippen molar-refractivity contribution < 1.29 is 0 Å². The number of anilines is 2. The maximum Gasteiger partial charge on any atom is 0.149 e. The van der Waals surface area contributed by atoms with Crippen LogP contribution in [0.3, 0.4) is 0 Å². The van der Waals surface area contributed by atoms with Crippen LogP contribution in [0, 0.1) is 5.92 Å². The topological polar surface area (TPSA) is 28.2 Å². The van der Waals surface area contributed by atoms with E-state index >= 15 is 0 Å². The monoisotopic (exact) mass is 259 g/mol. The zero-order chi connectivity index (χ0) is 11.7. The van der Waals surface area contributed by atoms with Crippen LogP contribution >= 0.6 is 23.2 Å². The standard InChI is InChI=1S/C11H15Cl2N3/c1-14-10-8(12)5-9(13)11(15-10)16(2)6-7-3-4-7/h5,7H,3-4,6H2,1-2H3,(H,14,15). The van der Waals surface area contributed by atoms with E-state index in [1.807, 2.05) is 7.05 Å². The number of pyridine rings is 1. The average Bonchev–Trinajstić information content (AvgIpc) is 3.01. The van der Waals surface area contributed by atoms with E-state index in [9.17, 15) is 0 Å². The normalized spacial score (nSPS) is 15.0. The highest BCUT2D eigenvalue weighted by Gasteiger charge is 2.24. The van der Waals surface area contributed by atoms with Gasteiger partial charge in [0.1, 0.15) is 11.6 Å². The van der Waals surface area contributed by atoms with Crippen LogP contribution in [0.25, 0.3) is 0 Å². The van der Waals surface area contributed by atoms with Gasteiger partial charge in [-0.25, -0.2) is 4.98 Å². The van der Waals surface area contributed by atoms with Gasteiger partial charge >= 0.3 is 0 Å². The Morgan fingerprint density at radius 3 is 2.69 bits per heavy atom. The minimum Gasteiger partial charge on any atom is -0.372 e. The van der Waals surface area contributed by atoms with E-state index < -0.39 is 0 Å². The summed E-state index contributed by atoms with van der Waals surface area (Å²) in [6.07, 6.45) is 2.63. The Balaban J connectivity index is 2.23. The van der Waals surface area contributed by atoms with Gasteiger partial charge in [-0.3, -0.25) is 0 Å². The first-order valence-corrected chi connectivity index (χ1v) is 6.12. The molecule has 0 saturated heterocycles. The molecule has 1 saturated carbocycles. The fraction of sp³-hybridized carbons (Fsp3) is 0.545. The maximum absolute atomic E-state index is 6.14. The first-order chi connectivity index (χ1) is 7.61. The van der Waals surface area contributed by atoms with Gasteiger partial charge in [0.15, 0.2) is 0 Å². The zero-order valence-corrected chi connectivity index (χ0v) is 10.9. The van der Waals surface area contributed by atoms with Gasteiger partial charge in [0.05, 0.1) is 10.0 Å². The van der Waals surface area contributed by atoms with Crippen LogP contribution in [0.5, 0.6) is 0 Å². The summed E-state index contributed by atoms with van der Waals surface area (Å²) < 4.78 is 0. The fourth-order valence-electron chi connectivity index (χ4n) is 1.67. The van der Waals surface area contributed by atoms with E-state index in [-0.39, 0.29) is 0 Å². The first-order valence-electron chi connectivity index (χ1n) is 5.36. The third-order valence-corrected chi connectivity index (χ3v) is 3.30. The Labute approximate surface area is 106 Å². The molecule has 2 rings (SSSR count). The smallest absolute Gasteiger partial charge is 0.149 e. The van der Waals surface area contributed by atoms with Crippen molar-refractivity contribution >= 4 is 34.8 Å². The summed E-state index contributed by atoms with van der Waals surface area (Å²) in [5, 5.41) is 4.11. The molecule has 5 heteroatoms. The molecule has 0 spiro atoms. The van der Waals surface area contributed by atoms with Gasteiger partial charge in [-0.1, -0.05) is 23.2 Å². The molecule has 1 aromatic rings. The van der Waals surface area contributed by atoms with Crippen molar-refractivity contribution in [3.05, 3.63) is 16.1 Å². The molecule has 88 valence electrons. The predicted molar refractivity (Wildman–Crippen MR) is 69.8 cm³/mol. The van der Waals surface area contributed by atoms with Gasteiger partial charge in [0.25, 0.3) is 0 Å². The second-order valence-electron chi connectivity index (χ2n) is 4.20. The SMILES string of the molecule is CNc1nc(N(C)CC2CC2)c(Cl)cc1Cl. The highest BCUT2D eigenvalue weighted by molar-refractivity contribution is 6.37. The summed E-state index contributed by atoms with van der Waals surface area (Å²) in [5.41, 5.74) is 0. The highest BCUT2D eigenvalue weighted by atomic mass is 35.5.